The molecule has 0 bridgehead atoms. The van der Waals surface area contributed by atoms with Crippen molar-refractivity contribution in [2.24, 2.45) is 4.99 Å². The molecule has 0 spiro atoms. The van der Waals surface area contributed by atoms with Crippen LogP contribution in [0.2, 0.25) is 0 Å². The van der Waals surface area contributed by atoms with E-state index in [2.05, 4.69) is 45.8 Å². The van der Waals surface area contributed by atoms with Crippen LogP contribution in [-0.4, -0.2) is 45.9 Å². The van der Waals surface area contributed by atoms with Crippen molar-refractivity contribution in [3.05, 3.63) is 29.3 Å². The second kappa shape index (κ2) is 7.68. The van der Waals surface area contributed by atoms with E-state index in [1.54, 1.807) is 0 Å². The summed E-state index contributed by atoms with van der Waals surface area (Å²) in [6, 6.07) is 6.78. The normalized spacial score (nSPS) is 21.2. The van der Waals surface area contributed by atoms with Crippen LogP contribution in [0.1, 0.15) is 30.4 Å². The van der Waals surface area contributed by atoms with Crippen molar-refractivity contribution >= 4 is 11.6 Å². The lowest BCUT2D eigenvalue weighted by Gasteiger charge is -2.28. The zero-order chi connectivity index (χ0) is 16.1. The molecule has 2 N–H and O–H groups in total. The second-order valence-corrected chi connectivity index (χ2v) is 6.43. The van der Waals surface area contributed by atoms with Crippen molar-refractivity contribution in [3.8, 4) is 0 Å². The van der Waals surface area contributed by atoms with Crippen molar-refractivity contribution in [1.29, 1.82) is 0 Å². The molecule has 2 aliphatic rings. The third kappa shape index (κ3) is 4.16. The predicted molar refractivity (Wildman–Crippen MR) is 95.2 cm³/mol. The van der Waals surface area contributed by atoms with E-state index in [4.69, 9.17) is 4.74 Å². The maximum atomic E-state index is 5.63. The molecule has 23 heavy (non-hydrogen) atoms. The number of anilines is 1. The Balaban J connectivity index is 1.52. The Bertz CT molecular complexity index is 552. The summed E-state index contributed by atoms with van der Waals surface area (Å²) in [5.74, 6) is 0.843. The molecule has 2 aliphatic heterocycles. The smallest absolute Gasteiger partial charge is 0.191 e. The van der Waals surface area contributed by atoms with Gasteiger partial charge in [-0.1, -0.05) is 12.1 Å². The van der Waals surface area contributed by atoms with E-state index in [-0.39, 0.29) is 0 Å². The summed E-state index contributed by atoms with van der Waals surface area (Å²) < 4.78 is 5.63. The van der Waals surface area contributed by atoms with Crippen molar-refractivity contribution < 1.29 is 4.74 Å². The highest BCUT2D eigenvalue weighted by molar-refractivity contribution is 5.79. The van der Waals surface area contributed by atoms with Crippen LogP contribution in [0.5, 0.6) is 0 Å². The molecule has 1 fully saturated rings. The summed E-state index contributed by atoms with van der Waals surface area (Å²) in [6.07, 6.45) is 5.06. The van der Waals surface area contributed by atoms with E-state index < -0.39 is 0 Å². The quantitative estimate of drug-likeness (QED) is 0.658. The molecule has 0 aliphatic carbocycles. The van der Waals surface area contributed by atoms with Crippen LogP contribution >= 0.6 is 0 Å². The number of aryl methyl sites for hydroxylation is 1. The fraction of sp³-hybridized carbons (Fsp3) is 0.611. The Morgan fingerprint density at radius 3 is 3.04 bits per heavy atom. The number of fused-ring (bicyclic) bond motifs is 1. The largest absolute Gasteiger partial charge is 0.376 e. The lowest BCUT2D eigenvalue weighted by molar-refractivity contribution is 0.114. The number of hydrogen-bond donors (Lipinski definition) is 2. The molecule has 0 radical (unpaired) electrons. The number of nitrogens with one attached hydrogen (secondary N) is 2. The standard InChI is InChI=1S/C18H28N4O/c1-19-18(21-13-16-6-4-10-23-16)20-12-14-7-8-17-15(11-14)5-3-9-22(17)2/h7-8,11,16H,3-6,9-10,12-13H2,1-2H3,(H2,19,20,21). The van der Waals surface area contributed by atoms with Crippen LogP contribution in [0.4, 0.5) is 5.69 Å². The van der Waals surface area contributed by atoms with Gasteiger partial charge in [-0.25, -0.2) is 0 Å². The van der Waals surface area contributed by atoms with Gasteiger partial charge in [-0.3, -0.25) is 4.99 Å². The fourth-order valence-electron chi connectivity index (χ4n) is 3.37. The molecule has 0 aromatic heterocycles. The summed E-state index contributed by atoms with van der Waals surface area (Å²) in [7, 11) is 3.99. The number of aliphatic imine (C=N–C) groups is 1. The third-order valence-corrected chi connectivity index (χ3v) is 4.70. The Morgan fingerprint density at radius 1 is 1.35 bits per heavy atom. The molecule has 1 aromatic carbocycles. The monoisotopic (exact) mass is 316 g/mol. The number of hydrogen-bond acceptors (Lipinski definition) is 3. The molecular weight excluding hydrogens is 288 g/mol. The van der Waals surface area contributed by atoms with Gasteiger partial charge in [-0.2, -0.15) is 0 Å². The molecule has 1 aromatic rings. The van der Waals surface area contributed by atoms with Gasteiger partial charge in [0.05, 0.1) is 6.10 Å². The van der Waals surface area contributed by atoms with E-state index in [9.17, 15) is 0 Å². The minimum atomic E-state index is 0.327. The maximum absolute atomic E-state index is 5.63. The maximum Gasteiger partial charge on any atom is 0.191 e. The van der Waals surface area contributed by atoms with Gasteiger partial charge < -0.3 is 20.3 Å². The lowest BCUT2D eigenvalue weighted by Crippen LogP contribution is -2.40. The van der Waals surface area contributed by atoms with Gasteiger partial charge in [0.25, 0.3) is 0 Å². The summed E-state index contributed by atoms with van der Waals surface area (Å²) in [6.45, 7) is 3.67. The Hall–Kier alpha value is -1.75. The van der Waals surface area contributed by atoms with Gasteiger partial charge in [0.2, 0.25) is 0 Å². The second-order valence-electron chi connectivity index (χ2n) is 6.43. The molecule has 1 saturated heterocycles. The van der Waals surface area contributed by atoms with Crippen LogP contribution in [0.3, 0.4) is 0 Å². The first-order valence-corrected chi connectivity index (χ1v) is 8.65. The summed E-state index contributed by atoms with van der Waals surface area (Å²) in [4.78, 5) is 6.64. The van der Waals surface area contributed by atoms with E-state index in [0.29, 0.717) is 6.10 Å². The lowest BCUT2D eigenvalue weighted by atomic mass is 9.99. The van der Waals surface area contributed by atoms with Crippen LogP contribution in [0.15, 0.2) is 23.2 Å². The third-order valence-electron chi connectivity index (χ3n) is 4.70. The van der Waals surface area contributed by atoms with Crippen LogP contribution in [-0.2, 0) is 17.7 Å². The zero-order valence-electron chi connectivity index (χ0n) is 14.3. The predicted octanol–water partition coefficient (Wildman–Crippen LogP) is 1.91. The minimum Gasteiger partial charge on any atom is -0.376 e. The summed E-state index contributed by atoms with van der Waals surface area (Å²) in [5.41, 5.74) is 4.14. The van der Waals surface area contributed by atoms with E-state index in [1.165, 1.54) is 36.1 Å². The van der Waals surface area contributed by atoms with Crippen molar-refractivity contribution in [2.45, 2.75) is 38.3 Å². The van der Waals surface area contributed by atoms with Gasteiger partial charge in [0.15, 0.2) is 5.96 Å². The van der Waals surface area contributed by atoms with Gasteiger partial charge in [0.1, 0.15) is 0 Å². The molecule has 5 nitrogen and oxygen atoms in total. The number of benzene rings is 1. The van der Waals surface area contributed by atoms with Crippen molar-refractivity contribution in [3.63, 3.8) is 0 Å². The molecule has 1 unspecified atom stereocenters. The molecule has 0 saturated carbocycles. The molecule has 126 valence electrons. The Morgan fingerprint density at radius 2 is 2.26 bits per heavy atom. The van der Waals surface area contributed by atoms with Crippen molar-refractivity contribution in [1.82, 2.24) is 10.6 Å². The van der Waals surface area contributed by atoms with Crippen LogP contribution in [0, 0.1) is 0 Å². The molecular formula is C18H28N4O. The first-order chi connectivity index (χ1) is 11.3. The summed E-state index contributed by atoms with van der Waals surface area (Å²) in [5, 5.41) is 6.75. The van der Waals surface area contributed by atoms with E-state index in [0.717, 1.165) is 38.6 Å². The van der Waals surface area contributed by atoms with Crippen LogP contribution < -0.4 is 15.5 Å². The van der Waals surface area contributed by atoms with Crippen LogP contribution in [0.25, 0.3) is 0 Å². The van der Waals surface area contributed by atoms with Gasteiger partial charge in [0, 0.05) is 46.0 Å². The molecule has 1 atom stereocenters. The molecule has 5 heteroatoms. The SMILES string of the molecule is CN=C(NCc1ccc2c(c1)CCCN2C)NCC1CCCO1. The number of ether oxygens (including phenoxy) is 1. The van der Waals surface area contributed by atoms with Gasteiger partial charge in [-0.05, 0) is 42.9 Å². The Kier molecular flexibility index (Phi) is 5.39. The molecule has 2 heterocycles. The molecule has 3 rings (SSSR count). The van der Waals surface area contributed by atoms with Crippen molar-refractivity contribution in [2.75, 3.05) is 38.7 Å². The topological polar surface area (TPSA) is 48.9 Å². The zero-order valence-corrected chi connectivity index (χ0v) is 14.3. The fourth-order valence-corrected chi connectivity index (χ4v) is 3.37. The van der Waals surface area contributed by atoms with E-state index in [1.807, 2.05) is 7.05 Å². The average molecular weight is 316 g/mol. The highest BCUT2D eigenvalue weighted by Crippen LogP contribution is 2.26. The Labute approximate surface area is 139 Å². The highest BCUT2D eigenvalue weighted by atomic mass is 16.5. The van der Waals surface area contributed by atoms with Gasteiger partial charge in [-0.15, -0.1) is 0 Å². The minimum absolute atomic E-state index is 0.327. The number of guanidine groups is 1. The van der Waals surface area contributed by atoms with Gasteiger partial charge >= 0.3 is 0 Å². The number of nitrogens with zero attached hydrogens (tertiary/aromatic N) is 2. The first-order valence-electron chi connectivity index (χ1n) is 8.65. The highest BCUT2D eigenvalue weighted by Gasteiger charge is 2.16. The molecule has 0 amide bonds. The summed E-state index contributed by atoms with van der Waals surface area (Å²) >= 11 is 0. The number of rotatable bonds is 4. The average Bonchev–Trinajstić information content (AvgIpc) is 3.08. The first kappa shape index (κ1) is 16.1. The van der Waals surface area contributed by atoms with E-state index >= 15 is 0 Å².